The van der Waals surface area contributed by atoms with Crippen molar-refractivity contribution in [3.05, 3.63) is 46.3 Å². The zero-order valence-corrected chi connectivity index (χ0v) is 10.7. The fourth-order valence-corrected chi connectivity index (χ4v) is 3.38. The maximum Gasteiger partial charge on any atom is 0.147 e. The maximum absolute atomic E-state index is 9.18. The molecule has 0 unspecified atom stereocenters. The molecule has 3 nitrogen and oxygen atoms in total. The summed E-state index contributed by atoms with van der Waals surface area (Å²) >= 11 is 1.78. The second-order valence-corrected chi connectivity index (χ2v) is 5.33. The van der Waals surface area contributed by atoms with Crippen molar-refractivity contribution in [3.8, 4) is 6.07 Å². The van der Waals surface area contributed by atoms with Gasteiger partial charge in [-0.25, -0.2) is 4.98 Å². The topological polar surface area (TPSA) is 39.9 Å². The summed E-state index contributed by atoms with van der Waals surface area (Å²) in [4.78, 5) is 8.03. The summed E-state index contributed by atoms with van der Waals surface area (Å²) in [6.45, 7) is 0.980. The quantitative estimate of drug-likeness (QED) is 0.826. The molecule has 2 aromatic heterocycles. The average Bonchev–Trinajstić information content (AvgIpc) is 3.09. The minimum Gasteiger partial charge on any atom is -0.348 e. The maximum atomic E-state index is 9.18. The van der Waals surface area contributed by atoms with Gasteiger partial charge in [-0.3, -0.25) is 0 Å². The lowest BCUT2D eigenvalue weighted by atomic mass is 10.1. The predicted molar refractivity (Wildman–Crippen MR) is 72.6 cm³/mol. The van der Waals surface area contributed by atoms with Crippen LogP contribution in [0.25, 0.3) is 0 Å². The second kappa shape index (κ2) is 4.79. The Morgan fingerprint density at radius 3 is 3.11 bits per heavy atom. The Morgan fingerprint density at radius 2 is 2.33 bits per heavy atom. The van der Waals surface area contributed by atoms with Crippen LogP contribution in [0.4, 0.5) is 5.82 Å². The Hall–Kier alpha value is -1.86. The molecule has 4 heteroatoms. The molecule has 1 aliphatic heterocycles. The predicted octanol–water partition coefficient (Wildman–Crippen LogP) is 3.36. The highest BCUT2D eigenvalue weighted by molar-refractivity contribution is 7.10. The molecule has 0 bridgehead atoms. The first-order chi connectivity index (χ1) is 8.90. The number of aromatic nitrogens is 1. The third kappa shape index (κ3) is 1.87. The number of rotatable bonds is 2. The van der Waals surface area contributed by atoms with E-state index in [-0.39, 0.29) is 0 Å². The fraction of sp³-hybridized carbons (Fsp3) is 0.286. The van der Waals surface area contributed by atoms with Gasteiger partial charge in [-0.2, -0.15) is 5.26 Å². The molecule has 3 heterocycles. The van der Waals surface area contributed by atoms with E-state index in [9.17, 15) is 5.26 Å². The van der Waals surface area contributed by atoms with E-state index in [1.165, 1.54) is 4.88 Å². The third-order valence-corrected chi connectivity index (χ3v) is 4.28. The number of anilines is 1. The first-order valence-corrected chi connectivity index (χ1v) is 6.93. The van der Waals surface area contributed by atoms with Gasteiger partial charge in [0.15, 0.2) is 0 Å². The number of hydrogen-bond donors (Lipinski definition) is 0. The van der Waals surface area contributed by atoms with E-state index in [2.05, 4.69) is 33.5 Å². The van der Waals surface area contributed by atoms with Crippen LogP contribution in [0.5, 0.6) is 0 Å². The van der Waals surface area contributed by atoms with Crippen molar-refractivity contribution in [2.45, 2.75) is 18.9 Å². The molecule has 1 fully saturated rings. The largest absolute Gasteiger partial charge is 0.348 e. The SMILES string of the molecule is N#Cc1cccnc1N1CCC[C@@H]1c1cccs1. The molecular formula is C14H13N3S. The molecule has 0 radical (unpaired) electrons. The van der Waals surface area contributed by atoms with Gasteiger partial charge < -0.3 is 4.90 Å². The molecule has 90 valence electrons. The van der Waals surface area contributed by atoms with E-state index in [0.717, 1.165) is 25.2 Å². The first-order valence-electron chi connectivity index (χ1n) is 6.05. The van der Waals surface area contributed by atoms with Crippen LogP contribution in [0.1, 0.15) is 29.3 Å². The molecule has 0 spiro atoms. The van der Waals surface area contributed by atoms with E-state index < -0.39 is 0 Å². The number of nitriles is 1. The van der Waals surface area contributed by atoms with Crippen LogP contribution in [-0.4, -0.2) is 11.5 Å². The van der Waals surface area contributed by atoms with Crippen LogP contribution >= 0.6 is 11.3 Å². The normalized spacial score (nSPS) is 18.8. The zero-order valence-electron chi connectivity index (χ0n) is 9.91. The molecule has 0 aliphatic carbocycles. The van der Waals surface area contributed by atoms with E-state index in [1.807, 2.05) is 12.1 Å². The lowest BCUT2D eigenvalue weighted by Gasteiger charge is -2.25. The highest BCUT2D eigenvalue weighted by atomic mass is 32.1. The van der Waals surface area contributed by atoms with Gasteiger partial charge in [-0.1, -0.05) is 6.07 Å². The minimum atomic E-state index is 0.381. The van der Waals surface area contributed by atoms with Gasteiger partial charge in [0.05, 0.1) is 11.6 Å². The van der Waals surface area contributed by atoms with Gasteiger partial charge in [-0.15, -0.1) is 11.3 Å². The second-order valence-electron chi connectivity index (χ2n) is 4.35. The van der Waals surface area contributed by atoms with Gasteiger partial charge in [0, 0.05) is 17.6 Å². The standard InChI is InChI=1S/C14H13N3S/c15-10-11-4-1-7-16-14(11)17-8-2-5-12(17)13-6-3-9-18-13/h1,3-4,6-7,9,12H,2,5,8H2/t12-/m1/s1. The molecule has 1 atom stereocenters. The summed E-state index contributed by atoms with van der Waals surface area (Å²) in [6.07, 6.45) is 4.06. The van der Waals surface area contributed by atoms with E-state index in [1.54, 1.807) is 17.5 Å². The fourth-order valence-electron chi connectivity index (χ4n) is 2.51. The highest BCUT2D eigenvalue weighted by Crippen LogP contribution is 2.38. The number of nitrogens with zero attached hydrogens (tertiary/aromatic N) is 3. The average molecular weight is 255 g/mol. The lowest BCUT2D eigenvalue weighted by Crippen LogP contribution is -2.23. The Labute approximate surface area is 110 Å². The van der Waals surface area contributed by atoms with Crippen LogP contribution < -0.4 is 4.90 Å². The Morgan fingerprint density at radius 1 is 1.39 bits per heavy atom. The molecule has 18 heavy (non-hydrogen) atoms. The van der Waals surface area contributed by atoms with Crippen LogP contribution in [0.2, 0.25) is 0 Å². The lowest BCUT2D eigenvalue weighted by molar-refractivity contribution is 0.724. The molecular weight excluding hydrogens is 242 g/mol. The highest BCUT2D eigenvalue weighted by Gasteiger charge is 2.29. The number of thiophene rings is 1. The summed E-state index contributed by atoms with van der Waals surface area (Å²) in [7, 11) is 0. The van der Waals surface area contributed by atoms with Crippen molar-refractivity contribution in [2.75, 3.05) is 11.4 Å². The molecule has 1 saturated heterocycles. The van der Waals surface area contributed by atoms with E-state index in [0.29, 0.717) is 11.6 Å². The van der Waals surface area contributed by atoms with Crippen molar-refractivity contribution in [3.63, 3.8) is 0 Å². The van der Waals surface area contributed by atoms with Crippen LogP contribution in [0, 0.1) is 11.3 Å². The van der Waals surface area contributed by atoms with Gasteiger partial charge in [0.2, 0.25) is 0 Å². The van der Waals surface area contributed by atoms with E-state index in [4.69, 9.17) is 0 Å². The molecule has 0 saturated carbocycles. The van der Waals surface area contributed by atoms with E-state index >= 15 is 0 Å². The molecule has 2 aromatic rings. The smallest absolute Gasteiger partial charge is 0.147 e. The third-order valence-electron chi connectivity index (χ3n) is 3.30. The summed E-state index contributed by atoms with van der Waals surface area (Å²) in [6, 6.07) is 10.5. The van der Waals surface area contributed by atoms with Crippen molar-refractivity contribution in [1.29, 1.82) is 5.26 Å². The molecule has 0 N–H and O–H groups in total. The van der Waals surface area contributed by atoms with Crippen molar-refractivity contribution in [1.82, 2.24) is 4.98 Å². The molecule has 0 amide bonds. The minimum absolute atomic E-state index is 0.381. The molecule has 1 aliphatic rings. The number of pyridine rings is 1. The van der Waals surface area contributed by atoms with Crippen molar-refractivity contribution < 1.29 is 0 Å². The zero-order chi connectivity index (χ0) is 12.4. The van der Waals surface area contributed by atoms with Crippen LogP contribution in [0.15, 0.2) is 35.8 Å². The van der Waals surface area contributed by atoms with Gasteiger partial charge in [-0.05, 0) is 36.4 Å². The van der Waals surface area contributed by atoms with Gasteiger partial charge >= 0.3 is 0 Å². The first kappa shape index (κ1) is 11.2. The summed E-state index contributed by atoms with van der Waals surface area (Å²) in [5.74, 6) is 0.830. The van der Waals surface area contributed by atoms with Gasteiger partial charge in [0.25, 0.3) is 0 Å². The summed E-state index contributed by atoms with van der Waals surface area (Å²) < 4.78 is 0. The van der Waals surface area contributed by atoms with Crippen LogP contribution in [-0.2, 0) is 0 Å². The van der Waals surface area contributed by atoms with Crippen LogP contribution in [0.3, 0.4) is 0 Å². The molecule has 3 rings (SSSR count). The van der Waals surface area contributed by atoms with Crippen molar-refractivity contribution in [2.24, 2.45) is 0 Å². The molecule has 0 aromatic carbocycles. The monoisotopic (exact) mass is 255 g/mol. The Balaban J connectivity index is 1.98. The summed E-state index contributed by atoms with van der Waals surface area (Å²) in [5.41, 5.74) is 0.668. The Bertz CT molecular complexity index is 571. The van der Waals surface area contributed by atoms with Crippen molar-refractivity contribution >= 4 is 17.2 Å². The Kier molecular flexibility index (Phi) is 2.99. The number of hydrogen-bond acceptors (Lipinski definition) is 4. The summed E-state index contributed by atoms with van der Waals surface area (Å²) in [5, 5.41) is 11.3. The van der Waals surface area contributed by atoms with Gasteiger partial charge in [0.1, 0.15) is 11.9 Å².